The number of halogens is 1. The van der Waals surface area contributed by atoms with Crippen LogP contribution in [0.1, 0.15) is 24.2 Å². The number of nitrogens with zero attached hydrogens (tertiary/aromatic N) is 3. The first kappa shape index (κ1) is 19.4. The van der Waals surface area contributed by atoms with E-state index in [0.717, 1.165) is 42.0 Å². The Hall–Kier alpha value is -2.41. The second-order valence-corrected chi connectivity index (χ2v) is 7.78. The summed E-state index contributed by atoms with van der Waals surface area (Å²) in [6, 6.07) is 9.51. The van der Waals surface area contributed by atoms with Crippen molar-refractivity contribution < 1.29 is 9.59 Å². The number of anilines is 2. The molecule has 1 saturated heterocycles. The number of nitrogens with one attached hydrogen (secondary N) is 1. The second kappa shape index (κ2) is 8.52. The molecule has 1 aromatic carbocycles. The Morgan fingerprint density at radius 2 is 1.74 bits per heavy atom. The SMILES string of the molecule is CC(C)C(=O)N1CCN(c2ccc(NC(=O)c3cncc(Br)c3)cc2)CC1. The summed E-state index contributed by atoms with van der Waals surface area (Å²) < 4.78 is 0.764. The molecule has 0 saturated carbocycles. The Bertz CT molecular complexity index is 815. The van der Waals surface area contributed by atoms with Gasteiger partial charge in [0.05, 0.1) is 5.56 Å². The lowest BCUT2D eigenvalue weighted by Crippen LogP contribution is -2.49. The highest BCUT2D eigenvalue weighted by Crippen LogP contribution is 2.21. The van der Waals surface area contributed by atoms with Crippen LogP contribution in [0.15, 0.2) is 47.2 Å². The highest BCUT2D eigenvalue weighted by molar-refractivity contribution is 9.10. The van der Waals surface area contributed by atoms with Crippen molar-refractivity contribution in [3.05, 3.63) is 52.8 Å². The summed E-state index contributed by atoms with van der Waals surface area (Å²) in [4.78, 5) is 32.6. The Morgan fingerprint density at radius 1 is 1.07 bits per heavy atom. The van der Waals surface area contributed by atoms with Crippen LogP contribution in [0, 0.1) is 5.92 Å². The number of hydrogen-bond donors (Lipinski definition) is 1. The minimum Gasteiger partial charge on any atom is -0.368 e. The molecular weight excluding hydrogens is 408 g/mol. The zero-order valence-corrected chi connectivity index (χ0v) is 17.1. The van der Waals surface area contributed by atoms with E-state index in [4.69, 9.17) is 0 Å². The van der Waals surface area contributed by atoms with E-state index in [1.165, 1.54) is 6.20 Å². The zero-order chi connectivity index (χ0) is 19.4. The van der Waals surface area contributed by atoms with Crippen LogP contribution < -0.4 is 10.2 Å². The maximum absolute atomic E-state index is 12.3. The second-order valence-electron chi connectivity index (χ2n) is 6.86. The minimum atomic E-state index is -0.197. The molecule has 0 bridgehead atoms. The van der Waals surface area contributed by atoms with Gasteiger partial charge in [0, 0.05) is 60.3 Å². The molecule has 7 heteroatoms. The van der Waals surface area contributed by atoms with Gasteiger partial charge < -0.3 is 15.1 Å². The van der Waals surface area contributed by atoms with Gasteiger partial charge in [-0.3, -0.25) is 14.6 Å². The molecule has 0 radical (unpaired) electrons. The van der Waals surface area contributed by atoms with E-state index in [-0.39, 0.29) is 17.7 Å². The molecule has 0 unspecified atom stereocenters. The molecule has 1 aromatic heterocycles. The van der Waals surface area contributed by atoms with Crippen molar-refractivity contribution in [1.29, 1.82) is 0 Å². The molecule has 1 aliphatic heterocycles. The fraction of sp³-hybridized carbons (Fsp3) is 0.350. The fourth-order valence-electron chi connectivity index (χ4n) is 3.05. The largest absolute Gasteiger partial charge is 0.368 e. The predicted octanol–water partition coefficient (Wildman–Crippen LogP) is 3.40. The summed E-state index contributed by atoms with van der Waals surface area (Å²) in [5.41, 5.74) is 2.32. The molecule has 3 rings (SSSR count). The number of hydrogen-bond acceptors (Lipinski definition) is 4. The summed E-state index contributed by atoms with van der Waals surface area (Å²) >= 11 is 3.32. The standard InChI is InChI=1S/C20H23BrN4O2/c1-14(2)20(27)25-9-7-24(8-10-25)18-5-3-17(4-6-18)23-19(26)15-11-16(21)13-22-12-15/h3-6,11-14H,7-10H2,1-2H3,(H,23,26). The molecule has 2 aromatic rings. The molecule has 1 aliphatic rings. The first-order chi connectivity index (χ1) is 12.9. The molecule has 142 valence electrons. The number of amides is 2. The lowest BCUT2D eigenvalue weighted by atomic mass is 10.1. The van der Waals surface area contributed by atoms with Crippen LogP contribution in [-0.4, -0.2) is 47.9 Å². The zero-order valence-electron chi connectivity index (χ0n) is 15.5. The van der Waals surface area contributed by atoms with Crippen molar-refractivity contribution in [2.24, 2.45) is 5.92 Å². The average molecular weight is 431 g/mol. The molecule has 1 N–H and O–H groups in total. The lowest BCUT2D eigenvalue weighted by molar-refractivity contribution is -0.134. The third kappa shape index (κ3) is 4.86. The van der Waals surface area contributed by atoms with E-state index in [1.54, 1.807) is 12.3 Å². The highest BCUT2D eigenvalue weighted by Gasteiger charge is 2.22. The summed E-state index contributed by atoms with van der Waals surface area (Å²) in [5, 5.41) is 2.88. The van der Waals surface area contributed by atoms with Crippen molar-refractivity contribution in [2.45, 2.75) is 13.8 Å². The average Bonchev–Trinajstić information content (AvgIpc) is 2.68. The minimum absolute atomic E-state index is 0.0416. The Balaban J connectivity index is 1.58. The van der Waals surface area contributed by atoms with Crippen LogP contribution in [0.3, 0.4) is 0 Å². The molecule has 0 aliphatic carbocycles. The highest BCUT2D eigenvalue weighted by atomic mass is 79.9. The van der Waals surface area contributed by atoms with Crippen LogP contribution in [0.5, 0.6) is 0 Å². The van der Waals surface area contributed by atoms with Crippen LogP contribution in [0.2, 0.25) is 0 Å². The fourth-order valence-corrected chi connectivity index (χ4v) is 3.41. The van der Waals surface area contributed by atoms with Gasteiger partial charge in [-0.2, -0.15) is 0 Å². The van der Waals surface area contributed by atoms with E-state index >= 15 is 0 Å². The molecule has 27 heavy (non-hydrogen) atoms. The smallest absolute Gasteiger partial charge is 0.257 e. The van der Waals surface area contributed by atoms with E-state index in [0.29, 0.717) is 5.56 Å². The summed E-state index contributed by atoms with van der Waals surface area (Å²) in [7, 11) is 0. The number of aromatic nitrogens is 1. The molecule has 0 spiro atoms. The van der Waals surface area contributed by atoms with Gasteiger partial charge in [-0.1, -0.05) is 13.8 Å². The van der Waals surface area contributed by atoms with Gasteiger partial charge in [-0.25, -0.2) is 0 Å². The number of carbonyl (C=O) groups excluding carboxylic acids is 2. The number of carbonyl (C=O) groups is 2. The Labute approximate surface area is 167 Å². The van der Waals surface area contributed by atoms with Crippen LogP contribution in [0.4, 0.5) is 11.4 Å². The van der Waals surface area contributed by atoms with E-state index in [2.05, 4.69) is 31.1 Å². The van der Waals surface area contributed by atoms with E-state index < -0.39 is 0 Å². The number of rotatable bonds is 4. The van der Waals surface area contributed by atoms with Crippen molar-refractivity contribution in [2.75, 3.05) is 36.4 Å². The van der Waals surface area contributed by atoms with Crippen molar-refractivity contribution in [1.82, 2.24) is 9.88 Å². The number of benzene rings is 1. The molecule has 2 amide bonds. The number of piperazine rings is 1. The van der Waals surface area contributed by atoms with Crippen molar-refractivity contribution in [3.8, 4) is 0 Å². The molecular formula is C20H23BrN4O2. The van der Waals surface area contributed by atoms with Gasteiger partial charge in [-0.05, 0) is 46.3 Å². The molecule has 2 heterocycles. The van der Waals surface area contributed by atoms with Crippen molar-refractivity contribution >= 4 is 39.1 Å². The van der Waals surface area contributed by atoms with Crippen molar-refractivity contribution in [3.63, 3.8) is 0 Å². The maximum Gasteiger partial charge on any atom is 0.257 e. The predicted molar refractivity (Wildman–Crippen MR) is 110 cm³/mol. The van der Waals surface area contributed by atoms with Gasteiger partial charge >= 0.3 is 0 Å². The van der Waals surface area contributed by atoms with Gasteiger partial charge in [0.25, 0.3) is 5.91 Å². The third-order valence-electron chi connectivity index (χ3n) is 4.54. The molecule has 6 nitrogen and oxygen atoms in total. The first-order valence-electron chi connectivity index (χ1n) is 9.00. The van der Waals surface area contributed by atoms with Crippen LogP contribution >= 0.6 is 15.9 Å². The van der Waals surface area contributed by atoms with Gasteiger partial charge in [0.1, 0.15) is 0 Å². The topological polar surface area (TPSA) is 65.5 Å². The lowest BCUT2D eigenvalue weighted by Gasteiger charge is -2.37. The molecule has 1 fully saturated rings. The maximum atomic E-state index is 12.3. The van der Waals surface area contributed by atoms with Gasteiger partial charge in [0.2, 0.25) is 5.91 Å². The quantitative estimate of drug-likeness (QED) is 0.806. The van der Waals surface area contributed by atoms with E-state index in [1.807, 2.05) is 43.0 Å². The molecule has 0 atom stereocenters. The van der Waals surface area contributed by atoms with Crippen LogP contribution in [-0.2, 0) is 4.79 Å². The first-order valence-corrected chi connectivity index (χ1v) is 9.79. The third-order valence-corrected chi connectivity index (χ3v) is 4.98. The van der Waals surface area contributed by atoms with Gasteiger partial charge in [0.15, 0.2) is 0 Å². The normalized spacial score (nSPS) is 14.4. The number of pyridine rings is 1. The van der Waals surface area contributed by atoms with E-state index in [9.17, 15) is 9.59 Å². The Morgan fingerprint density at radius 3 is 2.33 bits per heavy atom. The summed E-state index contributed by atoms with van der Waals surface area (Å²) in [5.74, 6) is 0.0620. The Kier molecular flexibility index (Phi) is 6.11. The van der Waals surface area contributed by atoms with Gasteiger partial charge in [-0.15, -0.1) is 0 Å². The monoisotopic (exact) mass is 430 g/mol. The van der Waals surface area contributed by atoms with Crippen LogP contribution in [0.25, 0.3) is 0 Å². The summed E-state index contributed by atoms with van der Waals surface area (Å²) in [6.07, 6.45) is 3.17. The summed E-state index contributed by atoms with van der Waals surface area (Å²) in [6.45, 7) is 6.98.